The molecule has 0 saturated carbocycles. The molecule has 0 aliphatic rings. The summed E-state index contributed by atoms with van der Waals surface area (Å²) in [6, 6.07) is 2.83. The van der Waals surface area contributed by atoms with E-state index in [9.17, 15) is 17.2 Å². The van der Waals surface area contributed by atoms with Crippen molar-refractivity contribution in [1.29, 1.82) is 0 Å². The average molecular weight is 305 g/mol. The third kappa shape index (κ3) is 3.99. The summed E-state index contributed by atoms with van der Waals surface area (Å²) in [6.45, 7) is 5.66. The first kappa shape index (κ1) is 17.0. The van der Waals surface area contributed by atoms with Gasteiger partial charge in [0.05, 0.1) is 4.75 Å². The smallest absolute Gasteiger partial charge is 0.154 e. The van der Waals surface area contributed by atoms with E-state index in [0.29, 0.717) is 12.1 Å². The van der Waals surface area contributed by atoms with Crippen molar-refractivity contribution in [3.63, 3.8) is 0 Å². The highest BCUT2D eigenvalue weighted by Crippen LogP contribution is 2.24. The maximum absolute atomic E-state index is 13.2. The molecule has 0 heterocycles. The van der Waals surface area contributed by atoms with Crippen LogP contribution in [0.5, 0.6) is 0 Å². The van der Waals surface area contributed by atoms with Crippen molar-refractivity contribution in [1.82, 2.24) is 5.32 Å². The van der Waals surface area contributed by atoms with Crippen LogP contribution in [0.3, 0.4) is 0 Å². The first-order valence-corrected chi connectivity index (χ1v) is 8.35. The van der Waals surface area contributed by atoms with Gasteiger partial charge >= 0.3 is 0 Å². The number of nitrogens with one attached hydrogen (secondary N) is 1. The van der Waals surface area contributed by atoms with Crippen LogP contribution in [-0.2, 0) is 16.3 Å². The quantitative estimate of drug-likeness (QED) is 0.877. The van der Waals surface area contributed by atoms with E-state index in [1.165, 1.54) is 18.4 Å². The van der Waals surface area contributed by atoms with Crippen LogP contribution in [-0.4, -0.2) is 32.0 Å². The van der Waals surface area contributed by atoms with Gasteiger partial charge < -0.3 is 5.32 Å². The van der Waals surface area contributed by atoms with E-state index in [4.69, 9.17) is 0 Å². The van der Waals surface area contributed by atoms with Crippen LogP contribution in [0.4, 0.5) is 8.78 Å². The van der Waals surface area contributed by atoms with Gasteiger partial charge in [-0.25, -0.2) is 17.2 Å². The summed E-state index contributed by atoms with van der Waals surface area (Å²) in [5.41, 5.74) is 0.435. The molecule has 1 unspecified atom stereocenters. The predicted octanol–water partition coefficient (Wildman–Crippen LogP) is 2.31. The molecule has 0 aliphatic heterocycles. The fourth-order valence-electron chi connectivity index (χ4n) is 2.03. The van der Waals surface area contributed by atoms with Gasteiger partial charge in [-0.15, -0.1) is 0 Å². The molecule has 0 radical (unpaired) electrons. The maximum atomic E-state index is 13.2. The lowest BCUT2D eigenvalue weighted by molar-refractivity contribution is 0.412. The number of benzene rings is 1. The molecule has 0 bridgehead atoms. The Kier molecular flexibility index (Phi) is 5.27. The van der Waals surface area contributed by atoms with Crippen molar-refractivity contribution < 1.29 is 17.2 Å². The first-order chi connectivity index (χ1) is 9.07. The molecular weight excluding hydrogens is 284 g/mol. The van der Waals surface area contributed by atoms with Gasteiger partial charge in [0, 0.05) is 18.4 Å². The largest absolute Gasteiger partial charge is 0.312 e. The summed E-state index contributed by atoms with van der Waals surface area (Å²) in [6.07, 6.45) is 1.41. The zero-order valence-electron chi connectivity index (χ0n) is 12.2. The summed E-state index contributed by atoms with van der Waals surface area (Å²) in [7, 11) is -3.31. The van der Waals surface area contributed by atoms with Crippen LogP contribution in [0.25, 0.3) is 0 Å². The molecule has 0 amide bonds. The van der Waals surface area contributed by atoms with Crippen LogP contribution in [0.1, 0.15) is 26.3 Å². The number of sulfone groups is 1. The Morgan fingerprint density at radius 2 is 1.70 bits per heavy atom. The molecule has 1 N–H and O–H groups in total. The topological polar surface area (TPSA) is 46.2 Å². The fourth-order valence-corrected chi connectivity index (χ4v) is 2.72. The average Bonchev–Trinajstić information content (AvgIpc) is 2.25. The molecule has 1 aromatic carbocycles. The Hall–Kier alpha value is -1.01. The minimum absolute atomic E-state index is 0.239. The van der Waals surface area contributed by atoms with Gasteiger partial charge in [-0.2, -0.15) is 0 Å². The highest BCUT2D eigenvalue weighted by molar-refractivity contribution is 7.92. The van der Waals surface area contributed by atoms with Crippen LogP contribution >= 0.6 is 0 Å². The van der Waals surface area contributed by atoms with E-state index in [2.05, 4.69) is 5.32 Å². The Morgan fingerprint density at radius 1 is 1.20 bits per heavy atom. The Morgan fingerprint density at radius 3 is 2.10 bits per heavy atom. The van der Waals surface area contributed by atoms with Crippen molar-refractivity contribution in [2.24, 2.45) is 0 Å². The number of rotatable bonds is 6. The molecular formula is C14H21F2NO2S. The normalized spacial score (nSPS) is 14.3. The number of halogens is 2. The molecule has 20 heavy (non-hydrogen) atoms. The van der Waals surface area contributed by atoms with E-state index < -0.39 is 32.3 Å². The number of hydrogen-bond acceptors (Lipinski definition) is 3. The van der Waals surface area contributed by atoms with Gasteiger partial charge in [-0.1, -0.05) is 6.92 Å². The molecule has 6 heteroatoms. The Balaban J connectivity index is 3.10. The lowest BCUT2D eigenvalue weighted by Gasteiger charge is -2.33. The van der Waals surface area contributed by atoms with Crippen molar-refractivity contribution in [2.75, 3.05) is 12.8 Å². The first-order valence-electron chi connectivity index (χ1n) is 6.46. The van der Waals surface area contributed by atoms with Gasteiger partial charge in [0.25, 0.3) is 0 Å². The fraction of sp³-hybridized carbons (Fsp3) is 0.571. The van der Waals surface area contributed by atoms with Gasteiger partial charge in [0.1, 0.15) is 11.6 Å². The van der Waals surface area contributed by atoms with Crippen molar-refractivity contribution in [3.8, 4) is 0 Å². The second kappa shape index (κ2) is 6.18. The molecule has 1 rings (SSSR count). The predicted molar refractivity (Wildman–Crippen MR) is 76.4 cm³/mol. The van der Waals surface area contributed by atoms with Gasteiger partial charge in [0.15, 0.2) is 9.84 Å². The monoisotopic (exact) mass is 305 g/mol. The van der Waals surface area contributed by atoms with E-state index >= 15 is 0 Å². The zero-order valence-corrected chi connectivity index (χ0v) is 13.0. The van der Waals surface area contributed by atoms with Gasteiger partial charge in [0.2, 0.25) is 0 Å². The van der Waals surface area contributed by atoms with Crippen molar-refractivity contribution in [2.45, 2.75) is 38.0 Å². The molecule has 0 aliphatic carbocycles. The van der Waals surface area contributed by atoms with Crippen LogP contribution in [0.15, 0.2) is 18.2 Å². The SMILES string of the molecule is CCNC(Cc1cc(F)cc(F)c1)C(C)(C)S(C)(=O)=O. The van der Waals surface area contributed by atoms with E-state index in [1.54, 1.807) is 13.8 Å². The highest BCUT2D eigenvalue weighted by atomic mass is 32.2. The zero-order chi connectivity index (χ0) is 15.6. The third-order valence-corrected chi connectivity index (χ3v) is 5.80. The molecule has 3 nitrogen and oxygen atoms in total. The molecule has 0 saturated heterocycles. The Bertz CT molecular complexity index is 550. The van der Waals surface area contributed by atoms with Crippen LogP contribution in [0.2, 0.25) is 0 Å². The molecule has 0 spiro atoms. The molecule has 0 aromatic heterocycles. The number of hydrogen-bond donors (Lipinski definition) is 1. The third-order valence-electron chi connectivity index (χ3n) is 3.61. The lowest BCUT2D eigenvalue weighted by atomic mass is 9.95. The van der Waals surface area contributed by atoms with Crippen LogP contribution in [0, 0.1) is 11.6 Å². The standard InChI is InChI=1S/C14H21F2NO2S/c1-5-17-13(14(2,3)20(4,18)19)8-10-6-11(15)9-12(16)7-10/h6-7,9,13,17H,5,8H2,1-4H3. The minimum atomic E-state index is -3.31. The van der Waals surface area contributed by atoms with E-state index in [1.807, 2.05) is 6.92 Å². The lowest BCUT2D eigenvalue weighted by Crippen LogP contribution is -2.52. The molecule has 114 valence electrons. The van der Waals surface area contributed by atoms with Crippen molar-refractivity contribution in [3.05, 3.63) is 35.4 Å². The summed E-state index contributed by atoms with van der Waals surface area (Å²) >= 11 is 0. The van der Waals surface area contributed by atoms with E-state index in [0.717, 1.165) is 6.07 Å². The maximum Gasteiger partial charge on any atom is 0.154 e. The van der Waals surface area contributed by atoms with Crippen LogP contribution < -0.4 is 5.32 Å². The second-order valence-electron chi connectivity index (χ2n) is 5.47. The van der Waals surface area contributed by atoms with E-state index in [-0.39, 0.29) is 6.42 Å². The highest BCUT2D eigenvalue weighted by Gasteiger charge is 2.38. The van der Waals surface area contributed by atoms with Gasteiger partial charge in [-0.05, 0) is 44.5 Å². The summed E-state index contributed by atoms with van der Waals surface area (Å²) in [5.74, 6) is -1.32. The molecule has 1 atom stereocenters. The minimum Gasteiger partial charge on any atom is -0.312 e. The van der Waals surface area contributed by atoms with Gasteiger partial charge in [-0.3, -0.25) is 0 Å². The van der Waals surface area contributed by atoms with Crippen molar-refractivity contribution >= 4 is 9.84 Å². The summed E-state index contributed by atoms with van der Waals surface area (Å²) in [4.78, 5) is 0. The summed E-state index contributed by atoms with van der Waals surface area (Å²) < 4.78 is 49.2. The Labute approximate surface area is 119 Å². The second-order valence-corrected chi connectivity index (χ2v) is 8.06. The molecule has 1 aromatic rings. The summed E-state index contributed by atoms with van der Waals surface area (Å²) in [5, 5.41) is 3.09. The molecule has 0 fully saturated rings. The number of likely N-dealkylation sites (N-methyl/N-ethyl adjacent to an activating group) is 1.